The fourth-order valence-electron chi connectivity index (χ4n) is 2.43. The number of benzene rings is 1. The van der Waals surface area contributed by atoms with E-state index in [1.54, 1.807) is 13.0 Å². The lowest BCUT2D eigenvalue weighted by molar-refractivity contribution is -0.122. The third-order valence-electron chi connectivity index (χ3n) is 3.71. The monoisotopic (exact) mass is 393 g/mol. The van der Waals surface area contributed by atoms with Crippen LogP contribution >= 0.6 is 11.6 Å². The van der Waals surface area contributed by atoms with Crippen LogP contribution in [0.15, 0.2) is 41.3 Å². The lowest BCUT2D eigenvalue weighted by Gasteiger charge is -2.06. The zero-order valence-corrected chi connectivity index (χ0v) is 14.9. The Morgan fingerprint density at radius 1 is 1.26 bits per heavy atom. The minimum atomic E-state index is -0.584. The number of nitrogens with zero attached hydrogens (tertiary/aromatic N) is 4. The average Bonchev–Trinajstić information content (AvgIpc) is 2.90. The Morgan fingerprint density at radius 3 is 2.70 bits per heavy atom. The van der Waals surface area contributed by atoms with Gasteiger partial charge < -0.3 is 5.32 Å². The first-order chi connectivity index (χ1) is 12.8. The quantitative estimate of drug-likeness (QED) is 0.718. The Balaban J connectivity index is 1.71. The van der Waals surface area contributed by atoms with Crippen LogP contribution in [0, 0.1) is 18.6 Å². The molecular weight excluding hydrogens is 380 g/mol. The molecule has 140 valence electrons. The summed E-state index contributed by atoms with van der Waals surface area (Å²) in [5.74, 6) is -1.10. The molecule has 0 aliphatic carbocycles. The van der Waals surface area contributed by atoms with Crippen LogP contribution in [0.25, 0.3) is 5.82 Å². The van der Waals surface area contributed by atoms with Crippen LogP contribution in [-0.2, 0) is 17.9 Å². The van der Waals surface area contributed by atoms with Gasteiger partial charge in [-0.15, -0.1) is 0 Å². The smallest absolute Gasteiger partial charge is 0.350 e. The van der Waals surface area contributed by atoms with Gasteiger partial charge in [-0.25, -0.2) is 27.8 Å². The molecule has 3 aromatic rings. The van der Waals surface area contributed by atoms with Crippen molar-refractivity contribution in [3.05, 3.63) is 75.1 Å². The van der Waals surface area contributed by atoms with Crippen molar-refractivity contribution in [3.63, 3.8) is 0 Å². The Bertz CT molecular complexity index is 1050. The molecule has 0 spiro atoms. The summed E-state index contributed by atoms with van der Waals surface area (Å²) in [6.07, 6.45) is 0.983. The van der Waals surface area contributed by atoms with Crippen molar-refractivity contribution in [2.45, 2.75) is 20.0 Å². The second kappa shape index (κ2) is 7.67. The van der Waals surface area contributed by atoms with Crippen molar-refractivity contribution in [1.82, 2.24) is 24.6 Å². The molecule has 3 rings (SSSR count). The predicted molar refractivity (Wildman–Crippen MR) is 93.6 cm³/mol. The molecule has 2 heterocycles. The average molecular weight is 394 g/mol. The maximum Gasteiger partial charge on any atom is 0.352 e. The summed E-state index contributed by atoms with van der Waals surface area (Å²) < 4.78 is 28.5. The molecule has 1 aromatic carbocycles. The second-order valence-corrected chi connectivity index (χ2v) is 6.09. The SMILES string of the molecule is Cc1nn(CC(=O)NCc2ccc(Cl)c(F)c2)c(=O)n1-c1ccc(F)cn1. The summed E-state index contributed by atoms with van der Waals surface area (Å²) in [7, 11) is 0. The van der Waals surface area contributed by atoms with Gasteiger partial charge in [0.05, 0.1) is 11.2 Å². The highest BCUT2D eigenvalue weighted by Gasteiger charge is 2.15. The molecule has 1 amide bonds. The number of aromatic nitrogens is 4. The van der Waals surface area contributed by atoms with Crippen LogP contribution < -0.4 is 11.0 Å². The molecule has 27 heavy (non-hydrogen) atoms. The van der Waals surface area contributed by atoms with E-state index in [1.165, 1.54) is 28.8 Å². The Kier molecular flexibility index (Phi) is 5.31. The third kappa shape index (κ3) is 4.20. The van der Waals surface area contributed by atoms with Gasteiger partial charge >= 0.3 is 5.69 Å². The molecule has 0 atom stereocenters. The number of rotatable bonds is 5. The Morgan fingerprint density at radius 2 is 2.04 bits per heavy atom. The fourth-order valence-corrected chi connectivity index (χ4v) is 2.54. The van der Waals surface area contributed by atoms with Crippen molar-refractivity contribution in [3.8, 4) is 5.82 Å². The first-order valence-corrected chi connectivity index (χ1v) is 8.22. The van der Waals surface area contributed by atoms with Crippen LogP contribution in [0.4, 0.5) is 8.78 Å². The Labute approximate surface area is 157 Å². The molecule has 10 heteroatoms. The van der Waals surface area contributed by atoms with Gasteiger partial charge in [-0.3, -0.25) is 4.79 Å². The number of amides is 1. The molecule has 0 aliphatic rings. The third-order valence-corrected chi connectivity index (χ3v) is 4.02. The van der Waals surface area contributed by atoms with Gasteiger partial charge in [0.2, 0.25) is 5.91 Å². The molecule has 2 aromatic heterocycles. The topological polar surface area (TPSA) is 81.8 Å². The van der Waals surface area contributed by atoms with Crippen LogP contribution in [0.1, 0.15) is 11.4 Å². The van der Waals surface area contributed by atoms with Gasteiger partial charge in [-0.1, -0.05) is 17.7 Å². The maximum absolute atomic E-state index is 13.4. The normalized spacial score (nSPS) is 10.8. The lowest BCUT2D eigenvalue weighted by atomic mass is 10.2. The van der Waals surface area contributed by atoms with Gasteiger partial charge in [0.1, 0.15) is 29.8 Å². The predicted octanol–water partition coefficient (Wildman–Crippen LogP) is 1.99. The summed E-state index contributed by atoms with van der Waals surface area (Å²) in [5.41, 5.74) is -0.0610. The number of carbonyl (C=O) groups is 1. The van der Waals surface area contributed by atoms with E-state index in [1.807, 2.05) is 0 Å². The summed E-state index contributed by atoms with van der Waals surface area (Å²) in [4.78, 5) is 28.4. The van der Waals surface area contributed by atoms with Crippen LogP contribution in [0.5, 0.6) is 0 Å². The van der Waals surface area contributed by atoms with E-state index in [4.69, 9.17) is 11.6 Å². The highest BCUT2D eigenvalue weighted by molar-refractivity contribution is 6.30. The van der Waals surface area contributed by atoms with E-state index >= 15 is 0 Å². The van der Waals surface area contributed by atoms with Gasteiger partial charge in [-0.05, 0) is 36.8 Å². The molecule has 0 saturated heterocycles. The number of nitrogens with one attached hydrogen (secondary N) is 1. The second-order valence-electron chi connectivity index (χ2n) is 5.68. The molecule has 0 aliphatic heterocycles. The van der Waals surface area contributed by atoms with Gasteiger partial charge in [-0.2, -0.15) is 5.10 Å². The van der Waals surface area contributed by atoms with E-state index in [0.717, 1.165) is 10.9 Å². The highest BCUT2D eigenvalue weighted by atomic mass is 35.5. The Hall–Kier alpha value is -3.07. The van der Waals surface area contributed by atoms with Crippen LogP contribution in [0.3, 0.4) is 0 Å². The molecule has 0 fully saturated rings. The number of aryl methyl sites for hydroxylation is 1. The van der Waals surface area contributed by atoms with Crippen molar-refractivity contribution < 1.29 is 13.6 Å². The van der Waals surface area contributed by atoms with E-state index in [0.29, 0.717) is 11.4 Å². The van der Waals surface area contributed by atoms with E-state index in [-0.39, 0.29) is 23.9 Å². The van der Waals surface area contributed by atoms with E-state index in [9.17, 15) is 18.4 Å². The minimum Gasteiger partial charge on any atom is -0.350 e. The van der Waals surface area contributed by atoms with Crippen molar-refractivity contribution in [2.24, 2.45) is 0 Å². The molecule has 1 N–H and O–H groups in total. The molecule has 0 radical (unpaired) electrons. The zero-order chi connectivity index (χ0) is 19.6. The standard InChI is InChI=1S/C17H14ClF2N5O2/c1-10-23-24(17(27)25(10)15-5-3-12(19)8-21-15)9-16(26)22-7-11-2-4-13(18)14(20)6-11/h2-6,8H,7,9H2,1H3,(H,22,26). The van der Waals surface area contributed by atoms with Gasteiger partial charge in [0.25, 0.3) is 0 Å². The zero-order valence-electron chi connectivity index (χ0n) is 14.1. The summed E-state index contributed by atoms with van der Waals surface area (Å²) in [6, 6.07) is 6.70. The van der Waals surface area contributed by atoms with Crippen molar-refractivity contribution in [2.75, 3.05) is 0 Å². The first-order valence-electron chi connectivity index (χ1n) is 7.84. The summed E-state index contributed by atoms with van der Waals surface area (Å²) >= 11 is 5.61. The highest BCUT2D eigenvalue weighted by Crippen LogP contribution is 2.15. The number of pyridine rings is 1. The number of carbonyl (C=O) groups excluding carboxylic acids is 1. The van der Waals surface area contributed by atoms with Crippen molar-refractivity contribution in [1.29, 1.82) is 0 Å². The first kappa shape index (κ1) is 18.7. The fraction of sp³-hybridized carbons (Fsp3) is 0.176. The summed E-state index contributed by atoms with van der Waals surface area (Å²) in [5, 5.41) is 6.59. The molecule has 0 unspecified atom stereocenters. The van der Waals surface area contributed by atoms with E-state index in [2.05, 4.69) is 15.4 Å². The van der Waals surface area contributed by atoms with Crippen LogP contribution in [-0.4, -0.2) is 25.2 Å². The van der Waals surface area contributed by atoms with Crippen LogP contribution in [0.2, 0.25) is 5.02 Å². The largest absolute Gasteiger partial charge is 0.352 e. The number of halogens is 3. The number of hydrogen-bond acceptors (Lipinski definition) is 4. The molecule has 0 bridgehead atoms. The molecular formula is C17H14ClF2N5O2. The van der Waals surface area contributed by atoms with Gasteiger partial charge in [0.15, 0.2) is 0 Å². The lowest BCUT2D eigenvalue weighted by Crippen LogP contribution is -2.33. The maximum atomic E-state index is 13.4. The summed E-state index contributed by atoms with van der Waals surface area (Å²) in [6.45, 7) is 1.31. The number of hydrogen-bond donors (Lipinski definition) is 1. The molecule has 7 nitrogen and oxygen atoms in total. The molecule has 0 saturated carbocycles. The minimum absolute atomic E-state index is 0.00736. The van der Waals surface area contributed by atoms with Gasteiger partial charge in [0, 0.05) is 6.54 Å². The van der Waals surface area contributed by atoms with E-state index < -0.39 is 23.2 Å². The van der Waals surface area contributed by atoms with Crippen molar-refractivity contribution >= 4 is 17.5 Å².